The van der Waals surface area contributed by atoms with Crippen LogP contribution >= 0.6 is 0 Å². The van der Waals surface area contributed by atoms with Crippen LogP contribution < -0.4 is 0 Å². The third-order valence-electron chi connectivity index (χ3n) is 3.74. The summed E-state index contributed by atoms with van der Waals surface area (Å²) in [6.45, 7) is 4.85. The van der Waals surface area contributed by atoms with Crippen LogP contribution in [-0.4, -0.2) is 39.8 Å². The van der Waals surface area contributed by atoms with Crippen LogP contribution in [0.2, 0.25) is 0 Å². The molecule has 112 valence electrons. The quantitative estimate of drug-likeness (QED) is 0.920. The predicted molar refractivity (Wildman–Crippen MR) is 81.7 cm³/mol. The number of carbonyl (C=O) groups is 1. The number of aromatic nitrogens is 3. The van der Waals surface area contributed by atoms with Crippen molar-refractivity contribution in [1.82, 2.24) is 20.3 Å². The molecule has 0 aliphatic carbocycles. The first-order chi connectivity index (χ1) is 10.1. The second-order valence-electron chi connectivity index (χ2n) is 5.46. The molecule has 2 aromatic rings. The Bertz CT molecular complexity index is 579. The fraction of sp³-hybridized carbons (Fsp3) is 0.438. The van der Waals surface area contributed by atoms with Gasteiger partial charge in [0.1, 0.15) is 0 Å². The molecular weight excluding hydrogens is 264 g/mol. The van der Waals surface area contributed by atoms with E-state index in [1.165, 1.54) is 5.56 Å². The van der Waals surface area contributed by atoms with Gasteiger partial charge in [0, 0.05) is 25.9 Å². The fourth-order valence-corrected chi connectivity index (χ4v) is 2.35. The zero-order valence-corrected chi connectivity index (χ0v) is 12.8. The van der Waals surface area contributed by atoms with Gasteiger partial charge in [0.25, 0.3) is 0 Å². The first-order valence-electron chi connectivity index (χ1n) is 7.21. The van der Waals surface area contributed by atoms with Crippen LogP contribution in [-0.2, 0) is 11.2 Å². The average Bonchev–Trinajstić information content (AvgIpc) is 3.02. The standard InChI is InChI=1S/C9H14N4O.C7H8/c1-6-8(11-12-10-6)5-7-3-4-13(2)9(7)14;1-7-5-3-2-4-6-7/h7H,3-5H2,1-2H3,(H,10,11,12);2-6H,1H3. The molecule has 1 aliphatic heterocycles. The smallest absolute Gasteiger partial charge is 0.225 e. The minimum absolute atomic E-state index is 0.101. The Morgan fingerprint density at radius 2 is 1.95 bits per heavy atom. The van der Waals surface area contributed by atoms with Crippen molar-refractivity contribution >= 4 is 5.91 Å². The molecule has 0 saturated carbocycles. The molecular formula is C16H22N4O. The second kappa shape index (κ2) is 7.02. The molecule has 1 N–H and O–H groups in total. The minimum atomic E-state index is 0.101. The number of aromatic amines is 1. The molecule has 1 atom stereocenters. The van der Waals surface area contributed by atoms with Gasteiger partial charge in [-0.1, -0.05) is 35.9 Å². The van der Waals surface area contributed by atoms with Gasteiger partial charge in [-0.25, -0.2) is 0 Å². The highest BCUT2D eigenvalue weighted by atomic mass is 16.2. The lowest BCUT2D eigenvalue weighted by Crippen LogP contribution is -2.23. The lowest BCUT2D eigenvalue weighted by atomic mass is 10.0. The Morgan fingerprint density at radius 1 is 1.24 bits per heavy atom. The van der Waals surface area contributed by atoms with Crippen molar-refractivity contribution in [3.05, 3.63) is 47.3 Å². The largest absolute Gasteiger partial charge is 0.345 e. The maximum atomic E-state index is 11.6. The highest BCUT2D eigenvalue weighted by molar-refractivity contribution is 5.80. The number of hydrogen-bond donors (Lipinski definition) is 1. The molecule has 21 heavy (non-hydrogen) atoms. The van der Waals surface area contributed by atoms with Crippen molar-refractivity contribution in [2.45, 2.75) is 26.7 Å². The highest BCUT2D eigenvalue weighted by Gasteiger charge is 2.29. The van der Waals surface area contributed by atoms with Crippen molar-refractivity contribution in [2.75, 3.05) is 13.6 Å². The molecule has 1 aliphatic rings. The number of aryl methyl sites for hydroxylation is 2. The van der Waals surface area contributed by atoms with Gasteiger partial charge in [0.2, 0.25) is 5.91 Å². The van der Waals surface area contributed by atoms with Crippen molar-refractivity contribution in [1.29, 1.82) is 0 Å². The van der Waals surface area contributed by atoms with Gasteiger partial charge < -0.3 is 4.90 Å². The van der Waals surface area contributed by atoms with Gasteiger partial charge in [0.05, 0.1) is 11.4 Å². The van der Waals surface area contributed by atoms with Gasteiger partial charge in [-0.05, 0) is 20.3 Å². The third kappa shape index (κ3) is 4.15. The van der Waals surface area contributed by atoms with Crippen molar-refractivity contribution < 1.29 is 4.79 Å². The van der Waals surface area contributed by atoms with Crippen LogP contribution in [0.4, 0.5) is 0 Å². The monoisotopic (exact) mass is 286 g/mol. The molecule has 1 unspecified atom stereocenters. The Kier molecular flexibility index (Phi) is 5.09. The topological polar surface area (TPSA) is 61.9 Å². The molecule has 0 bridgehead atoms. The van der Waals surface area contributed by atoms with Crippen molar-refractivity contribution in [2.24, 2.45) is 5.92 Å². The molecule has 0 radical (unpaired) electrons. The molecule has 1 saturated heterocycles. The summed E-state index contributed by atoms with van der Waals surface area (Å²) < 4.78 is 0. The van der Waals surface area contributed by atoms with E-state index < -0.39 is 0 Å². The summed E-state index contributed by atoms with van der Waals surface area (Å²) >= 11 is 0. The van der Waals surface area contributed by atoms with Gasteiger partial charge in [-0.15, -0.1) is 0 Å². The maximum absolute atomic E-state index is 11.6. The molecule has 3 rings (SSSR count). The number of benzene rings is 1. The van der Waals surface area contributed by atoms with Crippen molar-refractivity contribution in [3.8, 4) is 0 Å². The number of hydrogen-bond acceptors (Lipinski definition) is 3. The number of nitrogens with one attached hydrogen (secondary N) is 1. The molecule has 0 spiro atoms. The first-order valence-corrected chi connectivity index (χ1v) is 7.21. The van der Waals surface area contributed by atoms with Gasteiger partial charge >= 0.3 is 0 Å². The normalized spacial score (nSPS) is 17.6. The summed E-state index contributed by atoms with van der Waals surface area (Å²) in [5.41, 5.74) is 3.13. The Morgan fingerprint density at radius 3 is 2.38 bits per heavy atom. The molecule has 1 aromatic heterocycles. The van der Waals surface area contributed by atoms with E-state index in [2.05, 4.69) is 34.5 Å². The summed E-state index contributed by atoms with van der Waals surface area (Å²) in [6, 6.07) is 10.3. The first kappa shape index (κ1) is 15.2. The number of rotatable bonds is 2. The average molecular weight is 286 g/mol. The number of carbonyl (C=O) groups excluding carboxylic acids is 1. The summed E-state index contributed by atoms with van der Waals surface area (Å²) in [5.74, 6) is 0.330. The SMILES string of the molecule is Cc1ccccc1.Cc1n[nH]nc1CC1CCN(C)C1=O. The predicted octanol–water partition coefficient (Wildman–Crippen LogP) is 2.13. The summed E-state index contributed by atoms with van der Waals surface area (Å²) in [6.07, 6.45) is 1.65. The molecule has 5 heteroatoms. The van der Waals surface area contributed by atoms with E-state index in [0.29, 0.717) is 6.42 Å². The Balaban J connectivity index is 0.000000194. The molecule has 2 heterocycles. The van der Waals surface area contributed by atoms with Crippen molar-refractivity contribution in [3.63, 3.8) is 0 Å². The van der Waals surface area contributed by atoms with Crippen LogP contribution in [0.5, 0.6) is 0 Å². The number of H-pyrrole nitrogens is 1. The Hall–Kier alpha value is -2.17. The minimum Gasteiger partial charge on any atom is -0.345 e. The summed E-state index contributed by atoms with van der Waals surface area (Å²) in [5, 5.41) is 10.5. The number of amides is 1. The lowest BCUT2D eigenvalue weighted by Gasteiger charge is -2.08. The van der Waals surface area contributed by atoms with E-state index in [1.54, 1.807) is 4.90 Å². The molecule has 1 amide bonds. The zero-order valence-electron chi connectivity index (χ0n) is 12.8. The zero-order chi connectivity index (χ0) is 15.2. The maximum Gasteiger partial charge on any atom is 0.225 e. The van der Waals surface area contributed by atoms with Gasteiger partial charge in [0.15, 0.2) is 0 Å². The summed E-state index contributed by atoms with van der Waals surface area (Å²) in [4.78, 5) is 13.4. The van der Waals surface area contributed by atoms with Gasteiger partial charge in [-0.3, -0.25) is 4.79 Å². The van der Waals surface area contributed by atoms with Crippen LogP contribution in [0.1, 0.15) is 23.4 Å². The van der Waals surface area contributed by atoms with Gasteiger partial charge in [-0.2, -0.15) is 15.4 Å². The van der Waals surface area contributed by atoms with Crippen LogP contribution in [0.15, 0.2) is 30.3 Å². The van der Waals surface area contributed by atoms with Crippen LogP contribution in [0.25, 0.3) is 0 Å². The number of likely N-dealkylation sites (tertiary alicyclic amines) is 1. The second-order valence-corrected chi connectivity index (χ2v) is 5.46. The molecule has 1 aromatic carbocycles. The highest BCUT2D eigenvalue weighted by Crippen LogP contribution is 2.20. The van der Waals surface area contributed by atoms with E-state index >= 15 is 0 Å². The van der Waals surface area contributed by atoms with E-state index in [1.807, 2.05) is 32.2 Å². The van der Waals surface area contributed by atoms with E-state index in [4.69, 9.17) is 0 Å². The third-order valence-corrected chi connectivity index (χ3v) is 3.74. The van der Waals surface area contributed by atoms with E-state index in [9.17, 15) is 4.79 Å². The lowest BCUT2D eigenvalue weighted by molar-refractivity contribution is -0.129. The van der Waals surface area contributed by atoms with Crippen LogP contribution in [0, 0.1) is 19.8 Å². The number of nitrogens with zero attached hydrogens (tertiary/aromatic N) is 3. The van der Waals surface area contributed by atoms with Crippen LogP contribution in [0.3, 0.4) is 0 Å². The van der Waals surface area contributed by atoms with E-state index in [-0.39, 0.29) is 11.8 Å². The Labute approximate surface area is 125 Å². The fourth-order valence-electron chi connectivity index (χ4n) is 2.35. The summed E-state index contributed by atoms with van der Waals surface area (Å²) in [7, 11) is 1.85. The van der Waals surface area contributed by atoms with E-state index in [0.717, 1.165) is 24.4 Å². The molecule has 5 nitrogen and oxygen atoms in total. The molecule has 1 fully saturated rings.